The Morgan fingerprint density at radius 2 is 2.19 bits per heavy atom. The first kappa shape index (κ1) is 15.6. The molecule has 7 nitrogen and oxygen atoms in total. The third-order valence-corrected chi connectivity index (χ3v) is 4.57. The van der Waals surface area contributed by atoms with Crippen LogP contribution in [0.4, 0.5) is 0 Å². The van der Waals surface area contributed by atoms with E-state index >= 15 is 0 Å². The van der Waals surface area contributed by atoms with Crippen LogP contribution in [-0.4, -0.2) is 30.2 Å². The molecule has 0 unspecified atom stereocenters. The Hall–Kier alpha value is -1.77. The van der Waals surface area contributed by atoms with Gasteiger partial charge >= 0.3 is 0 Å². The Kier molecular flexibility index (Phi) is 5.05. The first-order chi connectivity index (χ1) is 10.1. The predicted molar refractivity (Wildman–Crippen MR) is 74.9 cm³/mol. The molecule has 0 aliphatic heterocycles. The van der Waals surface area contributed by atoms with E-state index in [2.05, 4.69) is 14.9 Å². The highest BCUT2D eigenvalue weighted by Crippen LogP contribution is 2.18. The van der Waals surface area contributed by atoms with Gasteiger partial charge in [0, 0.05) is 13.0 Å². The van der Waals surface area contributed by atoms with Gasteiger partial charge in [0.25, 0.3) is 0 Å². The molecule has 2 rings (SSSR count). The third kappa shape index (κ3) is 3.87. The minimum absolute atomic E-state index is 0.164. The van der Waals surface area contributed by atoms with E-state index in [-0.39, 0.29) is 18.0 Å². The summed E-state index contributed by atoms with van der Waals surface area (Å²) in [5.41, 5.74) is 1.27. The monoisotopic (exact) mass is 311 g/mol. The van der Waals surface area contributed by atoms with Gasteiger partial charge in [0.1, 0.15) is 0 Å². The van der Waals surface area contributed by atoms with Crippen molar-refractivity contribution < 1.29 is 18.0 Å². The molecule has 1 heterocycles. The number of aromatic nitrogens is 2. The van der Waals surface area contributed by atoms with Gasteiger partial charge in [-0.25, -0.2) is 13.1 Å². The van der Waals surface area contributed by atoms with Gasteiger partial charge in [-0.15, -0.1) is 0 Å². The maximum Gasteiger partial charge on any atom is 0.240 e. The zero-order chi connectivity index (χ0) is 15.3. The molecule has 2 N–H and O–H groups in total. The fraction of sp³-hybridized carbons (Fsp3) is 0.385. The first-order valence-corrected chi connectivity index (χ1v) is 8.03. The minimum atomic E-state index is -3.64. The van der Waals surface area contributed by atoms with Gasteiger partial charge in [-0.05, 0) is 23.6 Å². The SMILES string of the molecule is CCc1ccc(CO)cc1S(=O)(=O)NCCc1ncno1. The van der Waals surface area contributed by atoms with Gasteiger partial charge in [-0.1, -0.05) is 24.2 Å². The summed E-state index contributed by atoms with van der Waals surface area (Å²) in [4.78, 5) is 4.02. The van der Waals surface area contributed by atoms with E-state index in [1.165, 1.54) is 12.4 Å². The minimum Gasteiger partial charge on any atom is -0.392 e. The zero-order valence-corrected chi connectivity index (χ0v) is 12.4. The van der Waals surface area contributed by atoms with E-state index in [0.717, 1.165) is 0 Å². The average molecular weight is 311 g/mol. The number of rotatable bonds is 7. The van der Waals surface area contributed by atoms with Crippen molar-refractivity contribution in [2.24, 2.45) is 0 Å². The average Bonchev–Trinajstić information content (AvgIpc) is 2.99. The van der Waals surface area contributed by atoms with Crippen LogP contribution < -0.4 is 4.72 Å². The van der Waals surface area contributed by atoms with Crippen molar-refractivity contribution in [3.8, 4) is 0 Å². The number of nitrogens with one attached hydrogen (secondary N) is 1. The molecule has 0 radical (unpaired) electrons. The second kappa shape index (κ2) is 6.79. The molecule has 0 bridgehead atoms. The van der Waals surface area contributed by atoms with Crippen molar-refractivity contribution in [3.63, 3.8) is 0 Å². The number of sulfonamides is 1. The van der Waals surface area contributed by atoms with Crippen molar-refractivity contribution >= 4 is 10.0 Å². The highest BCUT2D eigenvalue weighted by atomic mass is 32.2. The molecule has 0 atom stereocenters. The second-order valence-electron chi connectivity index (χ2n) is 4.44. The topological polar surface area (TPSA) is 105 Å². The number of aliphatic hydroxyl groups excluding tert-OH is 1. The summed E-state index contributed by atoms with van der Waals surface area (Å²) in [6, 6.07) is 4.93. The lowest BCUT2D eigenvalue weighted by Crippen LogP contribution is -2.27. The van der Waals surface area contributed by atoms with Crippen LogP contribution in [0.15, 0.2) is 33.9 Å². The molecule has 8 heteroatoms. The fourth-order valence-electron chi connectivity index (χ4n) is 1.92. The summed E-state index contributed by atoms with van der Waals surface area (Å²) in [5, 5.41) is 12.6. The maximum absolute atomic E-state index is 12.3. The number of aliphatic hydroxyl groups is 1. The molecule has 1 aromatic heterocycles. The number of hydrogen-bond acceptors (Lipinski definition) is 6. The van der Waals surface area contributed by atoms with Crippen molar-refractivity contribution in [1.82, 2.24) is 14.9 Å². The van der Waals surface area contributed by atoms with Crippen LogP contribution >= 0.6 is 0 Å². The zero-order valence-electron chi connectivity index (χ0n) is 11.6. The molecule has 0 saturated heterocycles. The van der Waals surface area contributed by atoms with E-state index in [4.69, 9.17) is 9.63 Å². The molecule has 0 amide bonds. The van der Waals surface area contributed by atoms with Crippen LogP contribution in [0.2, 0.25) is 0 Å². The Balaban J connectivity index is 2.14. The summed E-state index contributed by atoms with van der Waals surface area (Å²) < 4.78 is 32.0. The van der Waals surface area contributed by atoms with E-state index in [0.29, 0.717) is 29.9 Å². The molecule has 0 aliphatic rings. The Bertz CT molecular complexity index is 683. The molecular weight excluding hydrogens is 294 g/mol. The van der Waals surface area contributed by atoms with E-state index in [9.17, 15) is 8.42 Å². The van der Waals surface area contributed by atoms with Gasteiger partial charge in [0.2, 0.25) is 15.9 Å². The van der Waals surface area contributed by atoms with Crippen molar-refractivity contribution in [2.75, 3.05) is 6.54 Å². The standard InChI is InChI=1S/C13H17N3O4S/c1-2-11-4-3-10(8-17)7-12(11)21(18,19)16-6-5-13-14-9-15-20-13/h3-4,7,9,16-17H,2,5-6,8H2,1H3. The Morgan fingerprint density at radius 1 is 1.38 bits per heavy atom. The quantitative estimate of drug-likeness (QED) is 0.777. The highest BCUT2D eigenvalue weighted by molar-refractivity contribution is 7.89. The largest absolute Gasteiger partial charge is 0.392 e. The molecule has 2 aromatic rings. The van der Waals surface area contributed by atoms with E-state index in [1.807, 2.05) is 6.92 Å². The van der Waals surface area contributed by atoms with Crippen molar-refractivity contribution in [3.05, 3.63) is 41.5 Å². The van der Waals surface area contributed by atoms with Crippen molar-refractivity contribution in [2.45, 2.75) is 31.3 Å². The van der Waals surface area contributed by atoms with Gasteiger partial charge in [0.05, 0.1) is 11.5 Å². The fourth-order valence-corrected chi connectivity index (χ4v) is 3.31. The van der Waals surface area contributed by atoms with Crippen LogP contribution in [0.3, 0.4) is 0 Å². The molecule has 0 spiro atoms. The number of nitrogens with zero attached hydrogens (tertiary/aromatic N) is 2. The smallest absolute Gasteiger partial charge is 0.240 e. The lowest BCUT2D eigenvalue weighted by atomic mass is 10.1. The predicted octanol–water partition coefficient (Wildman–Crippen LogP) is 0.645. The maximum atomic E-state index is 12.3. The lowest BCUT2D eigenvalue weighted by Gasteiger charge is -2.11. The summed E-state index contributed by atoms with van der Waals surface area (Å²) in [6.45, 7) is 1.84. The third-order valence-electron chi connectivity index (χ3n) is 3.02. The highest BCUT2D eigenvalue weighted by Gasteiger charge is 2.18. The summed E-state index contributed by atoms with van der Waals surface area (Å²) >= 11 is 0. The number of aryl methyl sites for hydroxylation is 1. The molecule has 0 aliphatic carbocycles. The van der Waals surface area contributed by atoms with Gasteiger partial charge in [-0.3, -0.25) is 0 Å². The van der Waals surface area contributed by atoms with Gasteiger partial charge in [-0.2, -0.15) is 4.98 Å². The summed E-state index contributed by atoms with van der Waals surface area (Å²) in [6.07, 6.45) is 2.18. The Labute approximate surface area is 123 Å². The second-order valence-corrected chi connectivity index (χ2v) is 6.17. The summed E-state index contributed by atoms with van der Waals surface area (Å²) in [7, 11) is -3.64. The summed E-state index contributed by atoms with van der Waals surface area (Å²) in [5.74, 6) is 0.373. The number of benzene rings is 1. The first-order valence-electron chi connectivity index (χ1n) is 6.54. The van der Waals surface area contributed by atoms with Crippen LogP contribution in [0, 0.1) is 0 Å². The normalized spacial score (nSPS) is 11.7. The van der Waals surface area contributed by atoms with E-state index in [1.54, 1.807) is 12.1 Å². The molecule has 1 aromatic carbocycles. The van der Waals surface area contributed by atoms with Crippen molar-refractivity contribution in [1.29, 1.82) is 0 Å². The molecule has 114 valence electrons. The molecular formula is C13H17N3O4S. The molecule has 0 fully saturated rings. The van der Waals surface area contributed by atoms with Crippen LogP contribution in [-0.2, 0) is 29.5 Å². The van der Waals surface area contributed by atoms with Crippen LogP contribution in [0.5, 0.6) is 0 Å². The Morgan fingerprint density at radius 3 is 2.81 bits per heavy atom. The van der Waals surface area contributed by atoms with E-state index < -0.39 is 10.0 Å². The molecule has 21 heavy (non-hydrogen) atoms. The van der Waals surface area contributed by atoms with Crippen LogP contribution in [0.1, 0.15) is 23.9 Å². The molecule has 0 saturated carbocycles. The number of hydrogen-bond donors (Lipinski definition) is 2. The van der Waals surface area contributed by atoms with Crippen LogP contribution in [0.25, 0.3) is 0 Å². The van der Waals surface area contributed by atoms with Gasteiger partial charge < -0.3 is 9.63 Å². The van der Waals surface area contributed by atoms with Gasteiger partial charge in [0.15, 0.2) is 6.33 Å². The lowest BCUT2D eigenvalue weighted by molar-refractivity contribution is 0.281.